The van der Waals surface area contributed by atoms with E-state index in [1.54, 1.807) is 0 Å². The number of hydrogen-bond acceptors (Lipinski definition) is 3. The Bertz CT molecular complexity index is 529. The summed E-state index contributed by atoms with van der Waals surface area (Å²) < 4.78 is 44.2. The zero-order valence-electron chi connectivity index (χ0n) is 12.5. The Morgan fingerprint density at radius 2 is 1.74 bits per heavy atom. The summed E-state index contributed by atoms with van der Waals surface area (Å²) in [6.07, 6.45) is -4.46. The predicted molar refractivity (Wildman–Crippen MR) is 76.0 cm³/mol. The normalized spacial score (nSPS) is 12.5. The smallest absolute Gasteiger partial charge is 0.412 e. The van der Waals surface area contributed by atoms with Gasteiger partial charge in [0.15, 0.2) is 6.04 Å². The van der Waals surface area contributed by atoms with Crippen LogP contribution in [-0.4, -0.2) is 30.3 Å². The molecule has 0 fully saturated rings. The molecule has 0 aliphatic carbocycles. The van der Waals surface area contributed by atoms with Crippen molar-refractivity contribution in [1.29, 1.82) is 0 Å². The molecule has 0 aromatic heterocycles. The van der Waals surface area contributed by atoms with Gasteiger partial charge < -0.3 is 15.2 Å². The number of carbonyl (C=O) groups excluding carboxylic acids is 1. The third-order valence-electron chi connectivity index (χ3n) is 3.13. The van der Waals surface area contributed by atoms with Crippen molar-refractivity contribution in [2.24, 2.45) is 0 Å². The Hall–Kier alpha value is -2.25. The molecule has 23 heavy (non-hydrogen) atoms. The second-order valence-corrected chi connectivity index (χ2v) is 4.92. The van der Waals surface area contributed by atoms with E-state index in [4.69, 9.17) is 9.84 Å². The van der Waals surface area contributed by atoms with Crippen molar-refractivity contribution in [3.05, 3.63) is 29.8 Å². The lowest BCUT2D eigenvalue weighted by molar-refractivity contribution is -0.163. The molecule has 0 aliphatic rings. The molecule has 2 N–H and O–H groups in total. The van der Waals surface area contributed by atoms with Crippen molar-refractivity contribution in [2.75, 3.05) is 7.11 Å². The Labute approximate surface area is 131 Å². The number of rotatable bonds is 8. The van der Waals surface area contributed by atoms with Crippen LogP contribution in [0.15, 0.2) is 24.3 Å². The fraction of sp³-hybridized carbons (Fsp3) is 0.467. The number of amides is 1. The van der Waals surface area contributed by atoms with Crippen molar-refractivity contribution in [2.45, 2.75) is 37.9 Å². The van der Waals surface area contributed by atoms with Crippen molar-refractivity contribution >= 4 is 11.9 Å². The Balaban J connectivity index is 2.68. The van der Waals surface area contributed by atoms with Gasteiger partial charge in [-0.25, -0.2) is 0 Å². The van der Waals surface area contributed by atoms with E-state index in [1.165, 1.54) is 31.4 Å². The summed E-state index contributed by atoms with van der Waals surface area (Å²) in [6.45, 7) is 0. The minimum absolute atomic E-state index is 0.0998. The second kappa shape index (κ2) is 8.40. The van der Waals surface area contributed by atoms with Crippen LogP contribution in [0.25, 0.3) is 0 Å². The number of unbranched alkanes of at least 4 members (excludes halogenated alkanes) is 1. The zero-order chi connectivity index (χ0) is 17.5. The van der Waals surface area contributed by atoms with Gasteiger partial charge >= 0.3 is 12.1 Å². The molecule has 5 nitrogen and oxygen atoms in total. The van der Waals surface area contributed by atoms with Crippen LogP contribution in [0, 0.1) is 0 Å². The van der Waals surface area contributed by atoms with Gasteiger partial charge in [0.05, 0.1) is 7.11 Å². The van der Waals surface area contributed by atoms with Crippen molar-refractivity contribution < 1.29 is 32.6 Å². The standard InChI is InChI=1S/C15H18F3NO4/c1-23-11-8-6-10(7-9-11)14(15(16,17)18)19-12(20)4-2-3-5-13(21)22/h6-9,14H,2-5H2,1H3,(H,19,20)(H,21,22). The highest BCUT2D eigenvalue weighted by molar-refractivity contribution is 5.76. The van der Waals surface area contributed by atoms with Gasteiger partial charge in [0, 0.05) is 12.8 Å². The third-order valence-corrected chi connectivity index (χ3v) is 3.13. The number of hydrogen-bond donors (Lipinski definition) is 2. The summed E-state index contributed by atoms with van der Waals surface area (Å²) >= 11 is 0. The minimum atomic E-state index is -4.63. The molecule has 0 radical (unpaired) electrons. The van der Waals surface area contributed by atoms with E-state index in [1.807, 2.05) is 5.32 Å². The molecule has 8 heteroatoms. The largest absolute Gasteiger partial charge is 0.497 e. The van der Waals surface area contributed by atoms with E-state index in [9.17, 15) is 22.8 Å². The Morgan fingerprint density at radius 3 is 2.22 bits per heavy atom. The van der Waals surface area contributed by atoms with Gasteiger partial charge in [0.1, 0.15) is 5.75 Å². The monoisotopic (exact) mass is 333 g/mol. The molecule has 1 aromatic rings. The number of aliphatic carboxylic acids is 1. The van der Waals surface area contributed by atoms with Gasteiger partial charge in [-0.05, 0) is 30.5 Å². The first-order valence-corrected chi connectivity index (χ1v) is 6.96. The lowest BCUT2D eigenvalue weighted by Crippen LogP contribution is -2.38. The molecular formula is C15H18F3NO4. The second-order valence-electron chi connectivity index (χ2n) is 4.92. The average molecular weight is 333 g/mol. The number of carboxylic acids is 1. The van der Waals surface area contributed by atoms with Gasteiger partial charge in [-0.1, -0.05) is 12.1 Å². The number of carbonyl (C=O) groups is 2. The van der Waals surface area contributed by atoms with E-state index in [2.05, 4.69) is 0 Å². The Morgan fingerprint density at radius 1 is 1.17 bits per heavy atom. The lowest BCUT2D eigenvalue weighted by atomic mass is 10.1. The van der Waals surface area contributed by atoms with Crippen molar-refractivity contribution in [1.82, 2.24) is 5.32 Å². The number of halogens is 3. The summed E-state index contributed by atoms with van der Waals surface area (Å²) in [7, 11) is 1.40. The minimum Gasteiger partial charge on any atom is -0.497 e. The van der Waals surface area contributed by atoms with Gasteiger partial charge in [-0.2, -0.15) is 13.2 Å². The molecule has 1 atom stereocenters. The maximum absolute atomic E-state index is 13.1. The maximum Gasteiger partial charge on any atom is 0.412 e. The van der Waals surface area contributed by atoms with Crippen LogP contribution in [0.2, 0.25) is 0 Å². The zero-order valence-corrected chi connectivity index (χ0v) is 12.5. The first kappa shape index (κ1) is 18.8. The molecule has 0 heterocycles. The number of nitrogens with one attached hydrogen (secondary N) is 1. The van der Waals surface area contributed by atoms with E-state index >= 15 is 0 Å². The fourth-order valence-electron chi connectivity index (χ4n) is 1.95. The molecule has 1 unspecified atom stereocenters. The van der Waals surface area contributed by atoms with Crippen molar-refractivity contribution in [3.8, 4) is 5.75 Å². The van der Waals surface area contributed by atoms with Crippen LogP contribution in [0.3, 0.4) is 0 Å². The summed E-state index contributed by atoms with van der Waals surface area (Å²) in [6, 6.07) is 3.13. The molecular weight excluding hydrogens is 315 g/mol. The van der Waals surface area contributed by atoms with Crippen LogP contribution in [0.1, 0.15) is 37.3 Å². The average Bonchev–Trinajstić information content (AvgIpc) is 2.48. The predicted octanol–water partition coefficient (Wildman–Crippen LogP) is 3.06. The molecule has 0 saturated carbocycles. The van der Waals surface area contributed by atoms with E-state index < -0.39 is 24.1 Å². The van der Waals surface area contributed by atoms with Crippen LogP contribution in [0.4, 0.5) is 13.2 Å². The third kappa shape index (κ3) is 6.58. The van der Waals surface area contributed by atoms with Crippen LogP contribution in [-0.2, 0) is 9.59 Å². The van der Waals surface area contributed by atoms with E-state index in [0.29, 0.717) is 5.75 Å². The van der Waals surface area contributed by atoms with Gasteiger partial charge in [-0.15, -0.1) is 0 Å². The van der Waals surface area contributed by atoms with Crippen LogP contribution < -0.4 is 10.1 Å². The van der Waals surface area contributed by atoms with E-state index in [0.717, 1.165) is 0 Å². The lowest BCUT2D eigenvalue weighted by Gasteiger charge is -2.22. The number of alkyl halides is 3. The highest BCUT2D eigenvalue weighted by Gasteiger charge is 2.41. The van der Waals surface area contributed by atoms with Crippen LogP contribution in [0.5, 0.6) is 5.75 Å². The fourth-order valence-corrected chi connectivity index (χ4v) is 1.95. The molecule has 0 bridgehead atoms. The SMILES string of the molecule is COc1ccc(C(NC(=O)CCCCC(=O)O)C(F)(F)F)cc1. The van der Waals surface area contributed by atoms with Gasteiger partial charge in [-0.3, -0.25) is 9.59 Å². The topological polar surface area (TPSA) is 75.6 Å². The maximum atomic E-state index is 13.1. The first-order chi connectivity index (χ1) is 10.7. The first-order valence-electron chi connectivity index (χ1n) is 6.96. The molecule has 1 aromatic carbocycles. The molecule has 0 aliphatic heterocycles. The summed E-state index contributed by atoms with van der Waals surface area (Å²) in [5.41, 5.74) is -0.0998. The Kier molecular flexibility index (Phi) is 6.87. The number of carboxylic acid groups (broad SMARTS) is 1. The molecule has 1 rings (SSSR count). The highest BCUT2D eigenvalue weighted by Crippen LogP contribution is 2.33. The number of ether oxygens (including phenoxy) is 1. The molecule has 128 valence electrons. The molecule has 1 amide bonds. The molecule has 0 spiro atoms. The quantitative estimate of drug-likeness (QED) is 0.717. The number of benzene rings is 1. The van der Waals surface area contributed by atoms with Gasteiger partial charge in [0.25, 0.3) is 0 Å². The summed E-state index contributed by atoms with van der Waals surface area (Å²) in [5.74, 6) is -1.36. The van der Waals surface area contributed by atoms with Gasteiger partial charge in [0.2, 0.25) is 5.91 Å². The summed E-state index contributed by atoms with van der Waals surface area (Å²) in [4.78, 5) is 22.0. The van der Waals surface area contributed by atoms with Crippen molar-refractivity contribution in [3.63, 3.8) is 0 Å². The number of methoxy groups -OCH3 is 1. The molecule has 0 saturated heterocycles. The van der Waals surface area contributed by atoms with Crippen LogP contribution >= 0.6 is 0 Å². The van der Waals surface area contributed by atoms with E-state index in [-0.39, 0.29) is 31.2 Å². The summed E-state index contributed by atoms with van der Waals surface area (Å²) in [5, 5.41) is 10.4. The highest BCUT2D eigenvalue weighted by atomic mass is 19.4.